The number of carbonyl (C=O) groups excluding carboxylic acids is 2. The largest absolute Gasteiger partial charge is 0.352 e. The molecular formula is C16H20N4O2S. The molecule has 2 aromatic rings. The second-order valence-electron chi connectivity index (χ2n) is 5.68. The standard InChI is InChI=1S/C16H20N4O2S/c1-10-5-4-6-13(7-10)15-18-19-16(23)20(15)9-14(22)17-11(2)8-12(3)21/h4-7,11H,8-9H2,1-3H3,(H,17,22)(H,19,23)/t11-/m1/s1. The molecule has 1 aromatic carbocycles. The van der Waals surface area contributed by atoms with E-state index in [0.717, 1.165) is 11.1 Å². The Kier molecular flexibility index (Phi) is 5.44. The van der Waals surface area contributed by atoms with Crippen LogP contribution in [-0.4, -0.2) is 32.5 Å². The van der Waals surface area contributed by atoms with Crippen LogP contribution >= 0.6 is 12.2 Å². The molecule has 0 aliphatic carbocycles. The molecule has 122 valence electrons. The predicted molar refractivity (Wildman–Crippen MR) is 90.5 cm³/mol. The fourth-order valence-corrected chi connectivity index (χ4v) is 2.61. The first-order valence-corrected chi connectivity index (χ1v) is 7.78. The van der Waals surface area contributed by atoms with Gasteiger partial charge in [-0.1, -0.05) is 23.8 Å². The normalized spacial score (nSPS) is 12.0. The zero-order chi connectivity index (χ0) is 17.0. The molecule has 6 nitrogen and oxygen atoms in total. The summed E-state index contributed by atoms with van der Waals surface area (Å²) in [5.41, 5.74) is 1.99. The number of ketones is 1. The molecule has 7 heteroatoms. The topological polar surface area (TPSA) is 79.8 Å². The van der Waals surface area contributed by atoms with Crippen LogP contribution in [0.4, 0.5) is 0 Å². The molecule has 2 N–H and O–H groups in total. The second kappa shape index (κ2) is 7.32. The summed E-state index contributed by atoms with van der Waals surface area (Å²) in [6, 6.07) is 7.62. The third-order valence-corrected chi connectivity index (χ3v) is 3.65. The van der Waals surface area contributed by atoms with Gasteiger partial charge in [-0.2, -0.15) is 5.10 Å². The van der Waals surface area contributed by atoms with Crippen molar-refractivity contribution in [3.63, 3.8) is 0 Å². The van der Waals surface area contributed by atoms with E-state index in [1.165, 1.54) is 6.92 Å². The lowest BCUT2D eigenvalue weighted by molar-refractivity contribution is -0.122. The number of carbonyl (C=O) groups is 2. The Hall–Kier alpha value is -2.28. The van der Waals surface area contributed by atoms with E-state index in [0.29, 0.717) is 17.0 Å². The summed E-state index contributed by atoms with van der Waals surface area (Å²) in [7, 11) is 0. The van der Waals surface area contributed by atoms with Crippen LogP contribution in [0, 0.1) is 11.7 Å². The van der Waals surface area contributed by atoms with Crippen LogP contribution in [0.2, 0.25) is 0 Å². The molecule has 1 aromatic heterocycles. The fraction of sp³-hybridized carbons (Fsp3) is 0.375. The van der Waals surface area contributed by atoms with E-state index in [2.05, 4.69) is 15.5 Å². The smallest absolute Gasteiger partial charge is 0.240 e. The molecule has 0 saturated heterocycles. The lowest BCUT2D eigenvalue weighted by Gasteiger charge is -2.13. The van der Waals surface area contributed by atoms with Crippen LogP contribution in [0.3, 0.4) is 0 Å². The molecule has 2 rings (SSSR count). The lowest BCUT2D eigenvalue weighted by atomic mass is 10.1. The van der Waals surface area contributed by atoms with Crippen LogP contribution in [0.15, 0.2) is 24.3 Å². The van der Waals surface area contributed by atoms with Crippen LogP contribution < -0.4 is 5.32 Å². The number of hydrogen-bond acceptors (Lipinski definition) is 4. The quantitative estimate of drug-likeness (QED) is 0.796. The summed E-state index contributed by atoms with van der Waals surface area (Å²) in [6.45, 7) is 5.35. The number of Topliss-reactive ketones (excluding diaryl/α,β-unsaturated/α-hetero) is 1. The maximum absolute atomic E-state index is 12.2. The Morgan fingerprint density at radius 3 is 2.83 bits per heavy atom. The highest BCUT2D eigenvalue weighted by Crippen LogP contribution is 2.18. The van der Waals surface area contributed by atoms with Gasteiger partial charge in [0.2, 0.25) is 5.91 Å². The molecule has 0 saturated carbocycles. The number of hydrogen-bond donors (Lipinski definition) is 2. The number of amides is 1. The van der Waals surface area contributed by atoms with E-state index in [4.69, 9.17) is 12.2 Å². The lowest BCUT2D eigenvalue weighted by Crippen LogP contribution is -2.36. The number of aromatic amines is 1. The van der Waals surface area contributed by atoms with Crippen LogP contribution in [-0.2, 0) is 16.1 Å². The first-order valence-electron chi connectivity index (χ1n) is 7.38. The molecule has 0 radical (unpaired) electrons. The molecule has 1 heterocycles. The zero-order valence-corrected chi connectivity index (χ0v) is 14.2. The van der Waals surface area contributed by atoms with Crippen molar-refractivity contribution in [2.45, 2.75) is 39.8 Å². The fourth-order valence-electron chi connectivity index (χ4n) is 2.42. The third-order valence-electron chi connectivity index (χ3n) is 3.34. The minimum Gasteiger partial charge on any atom is -0.352 e. The van der Waals surface area contributed by atoms with Gasteiger partial charge in [-0.25, -0.2) is 0 Å². The Morgan fingerprint density at radius 1 is 1.43 bits per heavy atom. The van der Waals surface area contributed by atoms with Gasteiger partial charge in [-0.05, 0) is 39.1 Å². The average molecular weight is 332 g/mol. The van der Waals surface area contributed by atoms with E-state index in [1.807, 2.05) is 31.2 Å². The van der Waals surface area contributed by atoms with Gasteiger partial charge in [0.05, 0.1) is 0 Å². The molecule has 0 fully saturated rings. The highest BCUT2D eigenvalue weighted by Gasteiger charge is 2.14. The van der Waals surface area contributed by atoms with Gasteiger partial charge in [0.25, 0.3) is 0 Å². The van der Waals surface area contributed by atoms with Crippen molar-refractivity contribution in [1.29, 1.82) is 0 Å². The van der Waals surface area contributed by atoms with Crippen LogP contribution in [0.1, 0.15) is 25.8 Å². The maximum atomic E-state index is 12.2. The Balaban J connectivity index is 2.18. The number of aryl methyl sites for hydroxylation is 1. The summed E-state index contributed by atoms with van der Waals surface area (Å²) in [6.07, 6.45) is 0.313. The van der Waals surface area contributed by atoms with E-state index in [1.54, 1.807) is 11.5 Å². The molecule has 0 aliphatic heterocycles. The summed E-state index contributed by atoms with van der Waals surface area (Å²) in [5, 5.41) is 9.75. The van der Waals surface area contributed by atoms with Crippen molar-refractivity contribution >= 4 is 23.9 Å². The highest BCUT2D eigenvalue weighted by molar-refractivity contribution is 7.71. The number of H-pyrrole nitrogens is 1. The summed E-state index contributed by atoms with van der Waals surface area (Å²) in [5.74, 6) is 0.455. The summed E-state index contributed by atoms with van der Waals surface area (Å²) in [4.78, 5) is 23.3. The van der Waals surface area contributed by atoms with Crippen LogP contribution in [0.5, 0.6) is 0 Å². The van der Waals surface area contributed by atoms with Gasteiger partial charge < -0.3 is 5.32 Å². The first-order chi connectivity index (χ1) is 10.9. The van der Waals surface area contributed by atoms with Crippen molar-refractivity contribution in [2.75, 3.05) is 0 Å². The Labute approximate surface area is 139 Å². The number of aromatic nitrogens is 3. The minimum absolute atomic E-state index is 0.0400. The Morgan fingerprint density at radius 2 is 2.17 bits per heavy atom. The molecule has 1 amide bonds. The van der Waals surface area contributed by atoms with Crippen molar-refractivity contribution in [3.05, 3.63) is 34.6 Å². The molecule has 0 aliphatic rings. The second-order valence-corrected chi connectivity index (χ2v) is 6.07. The molecule has 1 atom stereocenters. The van der Waals surface area contributed by atoms with E-state index < -0.39 is 0 Å². The van der Waals surface area contributed by atoms with Crippen molar-refractivity contribution in [1.82, 2.24) is 20.1 Å². The van der Waals surface area contributed by atoms with Crippen molar-refractivity contribution < 1.29 is 9.59 Å². The first kappa shape index (κ1) is 17.1. The van der Waals surface area contributed by atoms with Gasteiger partial charge in [0.1, 0.15) is 12.3 Å². The predicted octanol–water partition coefficient (Wildman–Crippen LogP) is 2.40. The monoisotopic (exact) mass is 332 g/mol. The number of benzene rings is 1. The van der Waals surface area contributed by atoms with Gasteiger partial charge in [0, 0.05) is 18.0 Å². The minimum atomic E-state index is -0.205. The maximum Gasteiger partial charge on any atom is 0.240 e. The zero-order valence-electron chi connectivity index (χ0n) is 13.4. The van der Waals surface area contributed by atoms with Gasteiger partial charge >= 0.3 is 0 Å². The summed E-state index contributed by atoms with van der Waals surface area (Å²) < 4.78 is 2.04. The molecular weight excluding hydrogens is 312 g/mol. The van der Waals surface area contributed by atoms with Gasteiger partial charge in [-0.3, -0.25) is 19.3 Å². The molecule has 23 heavy (non-hydrogen) atoms. The molecule has 0 bridgehead atoms. The van der Waals surface area contributed by atoms with Gasteiger partial charge in [-0.15, -0.1) is 0 Å². The summed E-state index contributed by atoms with van der Waals surface area (Å²) >= 11 is 5.22. The van der Waals surface area contributed by atoms with E-state index in [9.17, 15) is 9.59 Å². The average Bonchev–Trinajstić information content (AvgIpc) is 2.79. The number of nitrogens with one attached hydrogen (secondary N) is 2. The highest BCUT2D eigenvalue weighted by atomic mass is 32.1. The number of nitrogens with zero attached hydrogens (tertiary/aromatic N) is 2. The van der Waals surface area contributed by atoms with Gasteiger partial charge in [0.15, 0.2) is 10.6 Å². The third kappa shape index (κ3) is 4.59. The SMILES string of the molecule is CC(=O)C[C@@H](C)NC(=O)Cn1c(-c2cccc(C)c2)n[nH]c1=S. The van der Waals surface area contributed by atoms with Crippen molar-refractivity contribution in [3.8, 4) is 11.4 Å². The molecule has 0 unspecified atom stereocenters. The van der Waals surface area contributed by atoms with E-state index in [-0.39, 0.29) is 24.3 Å². The molecule has 0 spiro atoms. The van der Waals surface area contributed by atoms with E-state index >= 15 is 0 Å². The number of rotatable bonds is 6. The van der Waals surface area contributed by atoms with Crippen molar-refractivity contribution in [2.24, 2.45) is 0 Å². The Bertz CT molecular complexity index is 778. The van der Waals surface area contributed by atoms with Crippen LogP contribution in [0.25, 0.3) is 11.4 Å².